The van der Waals surface area contributed by atoms with Gasteiger partial charge in [0.25, 0.3) is 0 Å². The van der Waals surface area contributed by atoms with E-state index in [-0.39, 0.29) is 0 Å². The molecule has 0 radical (unpaired) electrons. The van der Waals surface area contributed by atoms with Crippen LogP contribution < -0.4 is 0 Å². The van der Waals surface area contributed by atoms with E-state index in [1.807, 2.05) is 0 Å². The van der Waals surface area contributed by atoms with Crippen LogP contribution in [0.4, 0.5) is 0 Å². The first-order valence-electron chi connectivity index (χ1n) is 15.4. The molecule has 3 aliphatic rings. The minimum Gasteiger partial charge on any atom is -0.309 e. The third-order valence-electron chi connectivity index (χ3n) is 9.76. The summed E-state index contributed by atoms with van der Waals surface area (Å²) in [5.41, 5.74) is 10.6. The van der Waals surface area contributed by atoms with Gasteiger partial charge in [-0.2, -0.15) is 0 Å². The smallest absolute Gasteiger partial charge is 0.0547 e. The molecule has 1 heteroatoms. The molecule has 0 N–H and O–H groups in total. The first kappa shape index (κ1) is 24.5. The van der Waals surface area contributed by atoms with Gasteiger partial charge in [-0.1, -0.05) is 134 Å². The normalized spacial score (nSPS) is 20.7. The van der Waals surface area contributed by atoms with E-state index in [0.29, 0.717) is 17.8 Å². The van der Waals surface area contributed by atoms with E-state index in [9.17, 15) is 0 Å². The fraction of sp³-hybridized carbons (Fsp3) is 0.0952. The van der Waals surface area contributed by atoms with Crippen molar-refractivity contribution in [2.75, 3.05) is 0 Å². The SMILES string of the molecule is C1=CCC(C2c3ccccc3C(c3ccc4c5c6ccccc6ccc5n(-c5ccccc5)c4c3)=C3C=CC=CC32)C=C1. The van der Waals surface area contributed by atoms with Gasteiger partial charge in [0, 0.05) is 28.3 Å². The second kappa shape index (κ2) is 9.71. The Kier molecular flexibility index (Phi) is 5.52. The van der Waals surface area contributed by atoms with Crippen molar-refractivity contribution < 1.29 is 0 Å². The Morgan fingerprint density at radius 2 is 1.47 bits per heavy atom. The zero-order chi connectivity index (χ0) is 28.3. The lowest BCUT2D eigenvalue weighted by atomic mass is 9.63. The monoisotopic (exact) mass is 549 g/mol. The number of hydrogen-bond acceptors (Lipinski definition) is 0. The molecule has 0 fully saturated rings. The Labute approximate surface area is 252 Å². The Bertz CT molecular complexity index is 2220. The number of para-hydroxylation sites is 1. The minimum atomic E-state index is 0.343. The first-order valence-corrected chi connectivity index (χ1v) is 15.4. The summed E-state index contributed by atoms with van der Waals surface area (Å²) < 4.78 is 2.45. The van der Waals surface area contributed by atoms with Gasteiger partial charge in [0.1, 0.15) is 0 Å². The summed E-state index contributed by atoms with van der Waals surface area (Å²) in [6, 6.07) is 40.5. The molecule has 6 aromatic rings. The van der Waals surface area contributed by atoms with Crippen LogP contribution in [0.2, 0.25) is 0 Å². The van der Waals surface area contributed by atoms with E-state index in [0.717, 1.165) is 6.42 Å². The molecule has 5 aromatic carbocycles. The Balaban J connectivity index is 1.34. The number of aromatic nitrogens is 1. The van der Waals surface area contributed by atoms with Gasteiger partial charge in [0.15, 0.2) is 0 Å². The average Bonchev–Trinajstić information content (AvgIpc) is 3.42. The lowest BCUT2D eigenvalue weighted by molar-refractivity contribution is 0.438. The third-order valence-corrected chi connectivity index (χ3v) is 9.76. The van der Waals surface area contributed by atoms with Crippen molar-refractivity contribution >= 4 is 38.2 Å². The summed E-state index contributed by atoms with van der Waals surface area (Å²) in [6.45, 7) is 0. The number of fused-ring (bicyclic) bond motifs is 7. The summed E-state index contributed by atoms with van der Waals surface area (Å²) >= 11 is 0. The molecule has 1 heterocycles. The molecule has 0 amide bonds. The van der Waals surface area contributed by atoms with Crippen LogP contribution in [0, 0.1) is 11.8 Å². The number of hydrogen-bond donors (Lipinski definition) is 0. The van der Waals surface area contributed by atoms with Crippen LogP contribution in [0.15, 0.2) is 163 Å². The van der Waals surface area contributed by atoms with Gasteiger partial charge in [-0.3, -0.25) is 0 Å². The molecule has 0 spiro atoms. The van der Waals surface area contributed by atoms with Crippen LogP contribution in [0.1, 0.15) is 29.0 Å². The van der Waals surface area contributed by atoms with E-state index in [4.69, 9.17) is 0 Å². The van der Waals surface area contributed by atoms with E-state index in [2.05, 4.69) is 162 Å². The maximum atomic E-state index is 2.45. The fourth-order valence-corrected chi connectivity index (χ4v) is 7.97. The molecule has 0 saturated carbocycles. The van der Waals surface area contributed by atoms with E-state index < -0.39 is 0 Å². The summed E-state index contributed by atoms with van der Waals surface area (Å²) in [7, 11) is 0. The van der Waals surface area contributed by atoms with Crippen LogP contribution >= 0.6 is 0 Å². The summed E-state index contributed by atoms with van der Waals surface area (Å²) in [5, 5.41) is 5.19. The highest BCUT2D eigenvalue weighted by molar-refractivity contribution is 6.21. The molecule has 9 rings (SSSR count). The van der Waals surface area contributed by atoms with E-state index in [1.54, 1.807) is 0 Å². The number of benzene rings is 5. The first-order chi connectivity index (χ1) is 21.4. The highest BCUT2D eigenvalue weighted by Crippen LogP contribution is 2.52. The standard InChI is InChI=1S/C42H31N/c1-3-14-29(15-4-1)40-33-19-9-11-21-35(33)41(36-22-12-10-20-34(36)40)30-23-25-37-39(27-30)43(31-16-5-2-6-17-31)38-26-24-28-13-7-8-18-32(28)42(37)38/h1-14,16-27,29,33,40H,15H2. The summed E-state index contributed by atoms with van der Waals surface area (Å²) in [6.07, 6.45) is 19.5. The maximum Gasteiger partial charge on any atom is 0.0547 e. The number of nitrogens with zero attached hydrogens (tertiary/aromatic N) is 1. The molecular weight excluding hydrogens is 518 g/mol. The van der Waals surface area contributed by atoms with Crippen molar-refractivity contribution in [1.82, 2.24) is 4.57 Å². The van der Waals surface area contributed by atoms with Gasteiger partial charge in [0.05, 0.1) is 11.0 Å². The lowest BCUT2D eigenvalue weighted by Gasteiger charge is -2.40. The van der Waals surface area contributed by atoms with Crippen LogP contribution in [-0.4, -0.2) is 4.57 Å². The molecule has 43 heavy (non-hydrogen) atoms. The molecule has 1 aromatic heterocycles. The van der Waals surface area contributed by atoms with Gasteiger partial charge in [-0.25, -0.2) is 0 Å². The van der Waals surface area contributed by atoms with Crippen molar-refractivity contribution in [3.05, 3.63) is 180 Å². The third kappa shape index (κ3) is 3.71. The highest BCUT2D eigenvalue weighted by Gasteiger charge is 2.38. The Hall–Kier alpha value is -5.14. The van der Waals surface area contributed by atoms with Gasteiger partial charge < -0.3 is 4.57 Å². The Morgan fingerprint density at radius 3 is 2.37 bits per heavy atom. The highest BCUT2D eigenvalue weighted by atomic mass is 15.0. The molecule has 0 bridgehead atoms. The van der Waals surface area contributed by atoms with Crippen molar-refractivity contribution in [1.29, 1.82) is 0 Å². The predicted molar refractivity (Wildman–Crippen MR) is 182 cm³/mol. The molecule has 1 nitrogen and oxygen atoms in total. The van der Waals surface area contributed by atoms with E-state index >= 15 is 0 Å². The van der Waals surface area contributed by atoms with Crippen LogP contribution in [0.25, 0.3) is 43.8 Å². The van der Waals surface area contributed by atoms with Crippen LogP contribution in [0.3, 0.4) is 0 Å². The molecule has 0 aliphatic heterocycles. The molecule has 0 saturated heterocycles. The van der Waals surface area contributed by atoms with Crippen molar-refractivity contribution in [2.24, 2.45) is 11.8 Å². The van der Waals surface area contributed by atoms with E-state index in [1.165, 1.54) is 66.1 Å². The van der Waals surface area contributed by atoms with Gasteiger partial charge in [0.2, 0.25) is 0 Å². The lowest BCUT2D eigenvalue weighted by Crippen LogP contribution is -2.27. The number of rotatable bonds is 3. The number of allylic oxidation sites excluding steroid dienone is 9. The second-order valence-corrected chi connectivity index (χ2v) is 12.0. The largest absolute Gasteiger partial charge is 0.309 e. The maximum absolute atomic E-state index is 2.45. The predicted octanol–water partition coefficient (Wildman–Crippen LogP) is 10.7. The second-order valence-electron chi connectivity index (χ2n) is 12.0. The Morgan fingerprint density at radius 1 is 0.628 bits per heavy atom. The molecular formula is C42H31N. The zero-order valence-electron chi connectivity index (χ0n) is 23.9. The van der Waals surface area contributed by atoms with Gasteiger partial charge in [-0.15, -0.1) is 0 Å². The quantitative estimate of drug-likeness (QED) is 0.207. The molecule has 3 atom stereocenters. The minimum absolute atomic E-state index is 0.343. The van der Waals surface area contributed by atoms with Crippen molar-refractivity contribution in [2.45, 2.75) is 12.3 Å². The zero-order valence-corrected chi connectivity index (χ0v) is 23.9. The van der Waals surface area contributed by atoms with Crippen molar-refractivity contribution in [3.63, 3.8) is 0 Å². The van der Waals surface area contributed by atoms with Crippen molar-refractivity contribution in [3.8, 4) is 5.69 Å². The molecule has 3 aliphatic carbocycles. The summed E-state index contributed by atoms with van der Waals surface area (Å²) in [4.78, 5) is 0. The molecule has 3 unspecified atom stereocenters. The fourth-order valence-electron chi connectivity index (χ4n) is 7.97. The van der Waals surface area contributed by atoms with Crippen LogP contribution in [0.5, 0.6) is 0 Å². The van der Waals surface area contributed by atoms with Gasteiger partial charge in [-0.05, 0) is 75.2 Å². The average molecular weight is 550 g/mol. The van der Waals surface area contributed by atoms with Crippen LogP contribution in [-0.2, 0) is 0 Å². The topological polar surface area (TPSA) is 4.93 Å². The molecule has 204 valence electrons. The van der Waals surface area contributed by atoms with Gasteiger partial charge >= 0.3 is 0 Å². The summed E-state index contributed by atoms with van der Waals surface area (Å²) in [5.74, 6) is 1.25.